The van der Waals surface area contributed by atoms with Gasteiger partial charge in [-0.25, -0.2) is 0 Å². The highest BCUT2D eigenvalue weighted by Crippen LogP contribution is 2.31. The van der Waals surface area contributed by atoms with Crippen LogP contribution in [0, 0.1) is 5.92 Å². The van der Waals surface area contributed by atoms with Crippen molar-refractivity contribution in [1.29, 1.82) is 0 Å². The van der Waals surface area contributed by atoms with Crippen molar-refractivity contribution in [2.45, 2.75) is 20.0 Å². The van der Waals surface area contributed by atoms with Crippen LogP contribution in [-0.4, -0.2) is 43.2 Å². The van der Waals surface area contributed by atoms with E-state index in [0.29, 0.717) is 26.2 Å². The van der Waals surface area contributed by atoms with E-state index in [2.05, 4.69) is 0 Å². The van der Waals surface area contributed by atoms with Crippen LogP contribution in [0.2, 0.25) is 0 Å². The largest absolute Gasteiger partial charge is 0.486 e. The number of hydrogen-bond donors (Lipinski definition) is 1. The molecule has 0 fully saturated rings. The van der Waals surface area contributed by atoms with E-state index >= 15 is 0 Å². The Hall–Kier alpha value is -1.46. The molecule has 2 unspecified atom stereocenters. The average Bonchev–Trinajstić information content (AvgIpc) is 2.50. The van der Waals surface area contributed by atoms with Gasteiger partial charge in [0.15, 0.2) is 17.6 Å². The third-order valence-corrected chi connectivity index (χ3v) is 3.46. The van der Waals surface area contributed by atoms with Crippen LogP contribution in [0.3, 0.4) is 0 Å². The van der Waals surface area contributed by atoms with Crippen LogP contribution >= 0.6 is 12.4 Å². The van der Waals surface area contributed by atoms with Crippen LogP contribution in [0.1, 0.15) is 13.8 Å². The fourth-order valence-electron chi connectivity index (χ4n) is 2.19. The predicted molar refractivity (Wildman–Crippen MR) is 84.1 cm³/mol. The molecule has 0 saturated heterocycles. The lowest BCUT2D eigenvalue weighted by Gasteiger charge is -2.31. The zero-order chi connectivity index (χ0) is 14.5. The summed E-state index contributed by atoms with van der Waals surface area (Å²) in [6.07, 6.45) is -0.140. The Bertz CT molecular complexity index is 470. The molecule has 0 bridgehead atoms. The summed E-state index contributed by atoms with van der Waals surface area (Å²) >= 11 is 0. The van der Waals surface area contributed by atoms with Gasteiger partial charge in [-0.2, -0.15) is 0 Å². The van der Waals surface area contributed by atoms with Gasteiger partial charge in [0.25, 0.3) is 0 Å². The molecule has 1 aromatic carbocycles. The molecule has 0 radical (unpaired) electrons. The van der Waals surface area contributed by atoms with E-state index in [1.54, 1.807) is 4.90 Å². The van der Waals surface area contributed by atoms with Gasteiger partial charge in [0.05, 0.1) is 6.54 Å². The molecule has 1 aliphatic rings. The maximum absolute atomic E-state index is 12.2. The number of fused-ring (bicyclic) bond motifs is 1. The monoisotopic (exact) mass is 314 g/mol. The molecule has 1 heterocycles. The molecule has 0 saturated carbocycles. The van der Waals surface area contributed by atoms with Gasteiger partial charge in [-0.3, -0.25) is 4.79 Å². The number of benzene rings is 1. The molecule has 0 aliphatic carbocycles. The van der Waals surface area contributed by atoms with Crippen molar-refractivity contribution in [2.75, 3.05) is 26.2 Å². The third-order valence-electron chi connectivity index (χ3n) is 3.46. The fourth-order valence-corrected chi connectivity index (χ4v) is 2.19. The van der Waals surface area contributed by atoms with Crippen LogP contribution in [-0.2, 0) is 4.79 Å². The molecule has 0 aromatic heterocycles. The van der Waals surface area contributed by atoms with Gasteiger partial charge in [-0.15, -0.1) is 12.4 Å². The minimum absolute atomic E-state index is 0. The van der Waals surface area contributed by atoms with E-state index in [1.807, 2.05) is 38.1 Å². The van der Waals surface area contributed by atoms with E-state index in [1.165, 1.54) is 0 Å². The van der Waals surface area contributed by atoms with Crippen LogP contribution in [0.15, 0.2) is 24.3 Å². The van der Waals surface area contributed by atoms with Crippen molar-refractivity contribution in [3.05, 3.63) is 24.3 Å². The second-order valence-corrected chi connectivity index (χ2v) is 5.01. The summed E-state index contributed by atoms with van der Waals surface area (Å²) in [4.78, 5) is 14.0. The number of para-hydroxylation sites is 2. The van der Waals surface area contributed by atoms with Crippen LogP contribution in [0.4, 0.5) is 0 Å². The maximum atomic E-state index is 12.2. The van der Waals surface area contributed by atoms with Gasteiger partial charge in [-0.05, 0) is 19.1 Å². The molecule has 21 heavy (non-hydrogen) atoms. The fraction of sp³-hybridized carbons (Fsp3) is 0.533. The van der Waals surface area contributed by atoms with Gasteiger partial charge in [0.1, 0.15) is 6.61 Å². The van der Waals surface area contributed by atoms with Crippen molar-refractivity contribution in [1.82, 2.24) is 4.90 Å². The topological polar surface area (TPSA) is 64.8 Å². The van der Waals surface area contributed by atoms with Gasteiger partial charge in [-0.1, -0.05) is 19.1 Å². The number of hydrogen-bond acceptors (Lipinski definition) is 4. The molecular weight excluding hydrogens is 292 g/mol. The normalized spacial score (nSPS) is 17.6. The molecule has 1 aromatic rings. The summed E-state index contributed by atoms with van der Waals surface area (Å²) in [7, 11) is 0. The first-order valence-corrected chi connectivity index (χ1v) is 7.03. The molecular formula is C15H23ClN2O3. The van der Waals surface area contributed by atoms with Crippen molar-refractivity contribution >= 4 is 18.3 Å². The Morgan fingerprint density at radius 1 is 1.43 bits per heavy atom. The lowest BCUT2D eigenvalue weighted by molar-refractivity contribution is -0.136. The molecule has 1 amide bonds. The van der Waals surface area contributed by atoms with Gasteiger partial charge < -0.3 is 20.1 Å². The Morgan fingerprint density at radius 2 is 2.10 bits per heavy atom. The van der Waals surface area contributed by atoms with E-state index in [-0.39, 0.29) is 30.3 Å². The molecule has 2 rings (SSSR count). The number of amides is 1. The maximum Gasteiger partial charge on any atom is 0.226 e. The lowest BCUT2D eigenvalue weighted by atomic mass is 10.1. The van der Waals surface area contributed by atoms with E-state index in [0.717, 1.165) is 11.5 Å². The quantitative estimate of drug-likeness (QED) is 0.898. The second kappa shape index (κ2) is 8.10. The number of ether oxygens (including phenoxy) is 2. The molecule has 2 atom stereocenters. The van der Waals surface area contributed by atoms with Crippen LogP contribution < -0.4 is 15.2 Å². The van der Waals surface area contributed by atoms with E-state index in [4.69, 9.17) is 15.2 Å². The molecule has 0 spiro atoms. The summed E-state index contributed by atoms with van der Waals surface area (Å²) in [5, 5.41) is 0. The van der Waals surface area contributed by atoms with Gasteiger partial charge >= 0.3 is 0 Å². The standard InChI is InChI=1S/C15H22N2O3.ClH/c1-3-17(15(18)11(2)8-16)9-12-10-19-13-6-4-5-7-14(13)20-12;/h4-7,11-12H,3,8-10,16H2,1-2H3;1H. The number of carbonyl (C=O) groups excluding carboxylic acids is 1. The molecule has 6 heteroatoms. The average molecular weight is 315 g/mol. The summed E-state index contributed by atoms with van der Waals surface area (Å²) in [6.45, 7) is 5.79. The number of nitrogens with two attached hydrogens (primary N) is 1. The SMILES string of the molecule is CCN(CC1COc2ccccc2O1)C(=O)C(C)CN.Cl. The number of carbonyl (C=O) groups is 1. The Labute approximate surface area is 131 Å². The Morgan fingerprint density at radius 3 is 2.71 bits per heavy atom. The van der Waals surface area contributed by atoms with Crippen molar-refractivity contribution < 1.29 is 14.3 Å². The zero-order valence-corrected chi connectivity index (χ0v) is 13.3. The first-order chi connectivity index (χ1) is 9.65. The van der Waals surface area contributed by atoms with E-state index in [9.17, 15) is 4.79 Å². The number of likely N-dealkylation sites (N-methyl/N-ethyl adjacent to an activating group) is 1. The molecule has 2 N–H and O–H groups in total. The van der Waals surface area contributed by atoms with Crippen LogP contribution in [0.25, 0.3) is 0 Å². The summed E-state index contributed by atoms with van der Waals surface area (Å²) in [6, 6.07) is 7.57. The first kappa shape index (κ1) is 17.6. The highest BCUT2D eigenvalue weighted by Gasteiger charge is 2.26. The number of rotatable bonds is 5. The predicted octanol–water partition coefficient (Wildman–Crippen LogP) is 1.69. The molecule has 118 valence electrons. The highest BCUT2D eigenvalue weighted by atomic mass is 35.5. The van der Waals surface area contributed by atoms with E-state index < -0.39 is 0 Å². The zero-order valence-electron chi connectivity index (χ0n) is 12.5. The minimum Gasteiger partial charge on any atom is -0.486 e. The summed E-state index contributed by atoms with van der Waals surface area (Å²) in [5.41, 5.74) is 5.56. The van der Waals surface area contributed by atoms with Crippen LogP contribution in [0.5, 0.6) is 11.5 Å². The third kappa shape index (κ3) is 4.25. The van der Waals surface area contributed by atoms with Crippen molar-refractivity contribution in [3.8, 4) is 11.5 Å². The lowest BCUT2D eigenvalue weighted by Crippen LogP contribution is -2.46. The molecule has 1 aliphatic heterocycles. The summed E-state index contributed by atoms with van der Waals surface area (Å²) < 4.78 is 11.5. The smallest absolute Gasteiger partial charge is 0.226 e. The van der Waals surface area contributed by atoms with Gasteiger partial charge in [0, 0.05) is 19.0 Å². The Kier molecular flexibility index (Phi) is 6.78. The number of halogens is 1. The highest BCUT2D eigenvalue weighted by molar-refractivity contribution is 5.85. The Balaban J connectivity index is 0.00000220. The summed E-state index contributed by atoms with van der Waals surface area (Å²) in [5.74, 6) is 1.40. The van der Waals surface area contributed by atoms with Crippen molar-refractivity contribution in [3.63, 3.8) is 0 Å². The first-order valence-electron chi connectivity index (χ1n) is 7.03. The minimum atomic E-state index is -0.160. The number of nitrogens with zero attached hydrogens (tertiary/aromatic N) is 1. The molecule has 5 nitrogen and oxygen atoms in total. The second-order valence-electron chi connectivity index (χ2n) is 5.01. The van der Waals surface area contributed by atoms with Crippen molar-refractivity contribution in [2.24, 2.45) is 11.7 Å². The van der Waals surface area contributed by atoms with Gasteiger partial charge in [0.2, 0.25) is 5.91 Å².